The highest BCUT2D eigenvalue weighted by Gasteiger charge is 2.17. The van der Waals surface area contributed by atoms with E-state index in [2.05, 4.69) is 33.2 Å². The van der Waals surface area contributed by atoms with Crippen LogP contribution in [0.25, 0.3) is 11.0 Å². The average Bonchev–Trinajstić information content (AvgIpc) is 3.13. The van der Waals surface area contributed by atoms with Gasteiger partial charge in [0.15, 0.2) is 0 Å². The number of hydrazine groups is 1. The standard InChI is InChI=1S/C16H24N4/c17-19-14(10-9-13-5-1-2-6-13)11-20-12-18-15-7-3-4-8-16(15)20/h3-4,7-8,12-14,19H,1-2,5-6,9-11,17H2. The maximum absolute atomic E-state index is 5.73. The zero-order valence-electron chi connectivity index (χ0n) is 12.0. The smallest absolute Gasteiger partial charge is 0.0958 e. The van der Waals surface area contributed by atoms with Crippen LogP contribution in [0.2, 0.25) is 0 Å². The van der Waals surface area contributed by atoms with Crippen LogP contribution in [0.4, 0.5) is 0 Å². The molecule has 0 spiro atoms. The van der Waals surface area contributed by atoms with Gasteiger partial charge in [-0.15, -0.1) is 0 Å². The average molecular weight is 272 g/mol. The first-order valence-corrected chi connectivity index (χ1v) is 7.73. The quantitative estimate of drug-likeness (QED) is 0.628. The lowest BCUT2D eigenvalue weighted by atomic mass is 9.98. The van der Waals surface area contributed by atoms with Crippen LogP contribution in [0.15, 0.2) is 30.6 Å². The third kappa shape index (κ3) is 3.02. The second-order valence-electron chi connectivity index (χ2n) is 5.98. The van der Waals surface area contributed by atoms with Crippen LogP contribution in [0.1, 0.15) is 38.5 Å². The van der Waals surface area contributed by atoms with Gasteiger partial charge in [-0.1, -0.05) is 37.8 Å². The molecule has 0 radical (unpaired) electrons. The fourth-order valence-electron chi connectivity index (χ4n) is 3.36. The van der Waals surface area contributed by atoms with Gasteiger partial charge in [-0.25, -0.2) is 4.98 Å². The number of aromatic nitrogens is 2. The predicted molar refractivity (Wildman–Crippen MR) is 82.0 cm³/mol. The molecular formula is C16H24N4. The molecule has 1 aliphatic rings. The molecule has 1 aromatic carbocycles. The molecule has 108 valence electrons. The Morgan fingerprint density at radius 2 is 2.10 bits per heavy atom. The summed E-state index contributed by atoms with van der Waals surface area (Å²) < 4.78 is 2.20. The van der Waals surface area contributed by atoms with Crippen molar-refractivity contribution in [3.8, 4) is 0 Å². The molecule has 4 heteroatoms. The van der Waals surface area contributed by atoms with Crippen LogP contribution >= 0.6 is 0 Å². The van der Waals surface area contributed by atoms with Gasteiger partial charge in [0.2, 0.25) is 0 Å². The minimum Gasteiger partial charge on any atom is -0.329 e. The number of nitrogens with zero attached hydrogens (tertiary/aromatic N) is 2. The topological polar surface area (TPSA) is 55.9 Å². The van der Waals surface area contributed by atoms with Gasteiger partial charge in [0.1, 0.15) is 0 Å². The normalized spacial score (nSPS) is 17.9. The third-order valence-electron chi connectivity index (χ3n) is 4.58. The van der Waals surface area contributed by atoms with Crippen molar-refractivity contribution in [2.24, 2.45) is 11.8 Å². The summed E-state index contributed by atoms with van der Waals surface area (Å²) in [6.07, 6.45) is 10.0. The summed E-state index contributed by atoms with van der Waals surface area (Å²) in [4.78, 5) is 4.44. The Hall–Kier alpha value is -1.39. The maximum Gasteiger partial charge on any atom is 0.0958 e. The summed E-state index contributed by atoms with van der Waals surface area (Å²) in [6, 6.07) is 8.58. The largest absolute Gasteiger partial charge is 0.329 e. The van der Waals surface area contributed by atoms with Gasteiger partial charge >= 0.3 is 0 Å². The van der Waals surface area contributed by atoms with Crippen LogP contribution < -0.4 is 11.3 Å². The van der Waals surface area contributed by atoms with Gasteiger partial charge in [-0.05, 0) is 30.9 Å². The first-order chi connectivity index (χ1) is 9.86. The van der Waals surface area contributed by atoms with E-state index < -0.39 is 0 Å². The molecule has 0 saturated heterocycles. The van der Waals surface area contributed by atoms with Gasteiger partial charge in [-0.2, -0.15) is 0 Å². The van der Waals surface area contributed by atoms with Crippen molar-refractivity contribution in [3.05, 3.63) is 30.6 Å². The lowest BCUT2D eigenvalue weighted by Gasteiger charge is -2.19. The highest BCUT2D eigenvalue weighted by molar-refractivity contribution is 5.74. The number of fused-ring (bicyclic) bond motifs is 1. The first-order valence-electron chi connectivity index (χ1n) is 7.73. The van der Waals surface area contributed by atoms with Crippen molar-refractivity contribution >= 4 is 11.0 Å². The van der Waals surface area contributed by atoms with E-state index in [1.165, 1.54) is 37.6 Å². The molecule has 1 aromatic heterocycles. The van der Waals surface area contributed by atoms with E-state index in [1.807, 2.05) is 12.4 Å². The van der Waals surface area contributed by atoms with E-state index in [9.17, 15) is 0 Å². The number of hydrogen-bond donors (Lipinski definition) is 2. The lowest BCUT2D eigenvalue weighted by molar-refractivity contribution is 0.379. The number of rotatable bonds is 6. The monoisotopic (exact) mass is 272 g/mol. The molecule has 1 saturated carbocycles. The SMILES string of the molecule is NNC(CCC1CCCC1)Cn1cnc2ccccc21. The summed E-state index contributed by atoms with van der Waals surface area (Å²) in [5.74, 6) is 6.66. The number of benzene rings is 1. The van der Waals surface area contributed by atoms with Crippen LogP contribution in [0.3, 0.4) is 0 Å². The molecule has 2 aromatic rings. The van der Waals surface area contributed by atoms with E-state index in [-0.39, 0.29) is 0 Å². The summed E-state index contributed by atoms with van der Waals surface area (Å²) in [5.41, 5.74) is 5.22. The molecular weight excluding hydrogens is 248 g/mol. The zero-order chi connectivity index (χ0) is 13.8. The molecule has 0 bridgehead atoms. The molecule has 0 amide bonds. The minimum absolute atomic E-state index is 0.327. The third-order valence-corrected chi connectivity index (χ3v) is 4.58. The Kier molecular flexibility index (Phi) is 4.33. The molecule has 1 heterocycles. The van der Waals surface area contributed by atoms with Crippen LogP contribution in [0, 0.1) is 5.92 Å². The summed E-state index contributed by atoms with van der Waals surface area (Å²) in [6.45, 7) is 0.893. The number of para-hydroxylation sites is 2. The van der Waals surface area contributed by atoms with Gasteiger partial charge in [0.25, 0.3) is 0 Å². The Labute approximate surface area is 120 Å². The predicted octanol–water partition coefficient (Wildman–Crippen LogP) is 2.84. The first kappa shape index (κ1) is 13.6. The van der Waals surface area contributed by atoms with E-state index in [0.29, 0.717) is 6.04 Å². The Bertz CT molecular complexity index is 542. The van der Waals surface area contributed by atoms with Gasteiger partial charge in [0.05, 0.1) is 17.4 Å². The van der Waals surface area contributed by atoms with E-state index in [4.69, 9.17) is 5.84 Å². The highest BCUT2D eigenvalue weighted by Crippen LogP contribution is 2.29. The Balaban J connectivity index is 1.61. The van der Waals surface area contributed by atoms with Crippen molar-refractivity contribution in [2.75, 3.05) is 0 Å². The highest BCUT2D eigenvalue weighted by atomic mass is 15.2. The van der Waals surface area contributed by atoms with E-state index in [0.717, 1.165) is 24.4 Å². The summed E-state index contributed by atoms with van der Waals surface area (Å²) in [7, 11) is 0. The molecule has 1 unspecified atom stereocenters. The zero-order valence-corrected chi connectivity index (χ0v) is 12.0. The van der Waals surface area contributed by atoms with Crippen molar-refractivity contribution < 1.29 is 0 Å². The molecule has 3 rings (SSSR count). The number of imidazole rings is 1. The maximum atomic E-state index is 5.73. The van der Waals surface area contributed by atoms with E-state index >= 15 is 0 Å². The number of hydrogen-bond acceptors (Lipinski definition) is 3. The molecule has 1 aliphatic carbocycles. The molecule has 4 nitrogen and oxygen atoms in total. The van der Waals surface area contributed by atoms with Crippen LogP contribution in [0.5, 0.6) is 0 Å². The van der Waals surface area contributed by atoms with Crippen LogP contribution in [-0.2, 0) is 6.54 Å². The lowest BCUT2D eigenvalue weighted by Crippen LogP contribution is -2.38. The van der Waals surface area contributed by atoms with Crippen molar-refractivity contribution in [3.63, 3.8) is 0 Å². The number of nitrogens with two attached hydrogens (primary N) is 1. The molecule has 3 N–H and O–H groups in total. The van der Waals surface area contributed by atoms with Crippen molar-refractivity contribution in [2.45, 2.75) is 51.1 Å². The minimum atomic E-state index is 0.327. The molecule has 1 fully saturated rings. The Morgan fingerprint density at radius 1 is 1.30 bits per heavy atom. The fourth-order valence-corrected chi connectivity index (χ4v) is 3.36. The molecule has 1 atom stereocenters. The Morgan fingerprint density at radius 3 is 2.90 bits per heavy atom. The molecule has 0 aliphatic heterocycles. The summed E-state index contributed by atoms with van der Waals surface area (Å²) >= 11 is 0. The van der Waals surface area contributed by atoms with Gasteiger partial charge < -0.3 is 4.57 Å². The summed E-state index contributed by atoms with van der Waals surface area (Å²) in [5, 5.41) is 0. The fraction of sp³-hybridized carbons (Fsp3) is 0.562. The van der Waals surface area contributed by atoms with Crippen LogP contribution in [-0.4, -0.2) is 15.6 Å². The van der Waals surface area contributed by atoms with E-state index in [1.54, 1.807) is 0 Å². The number of nitrogens with one attached hydrogen (secondary N) is 1. The molecule has 20 heavy (non-hydrogen) atoms. The van der Waals surface area contributed by atoms with Gasteiger partial charge in [-0.3, -0.25) is 11.3 Å². The second kappa shape index (κ2) is 6.37. The van der Waals surface area contributed by atoms with Gasteiger partial charge in [0, 0.05) is 12.6 Å². The second-order valence-corrected chi connectivity index (χ2v) is 5.98. The van der Waals surface area contributed by atoms with Crippen molar-refractivity contribution in [1.82, 2.24) is 15.0 Å². The van der Waals surface area contributed by atoms with Crippen molar-refractivity contribution in [1.29, 1.82) is 0 Å².